The first-order valence-electron chi connectivity index (χ1n) is 4.37. The number of hydrogen-bond donors (Lipinski definition) is 0. The highest BCUT2D eigenvalue weighted by Gasteiger charge is 2.05. The summed E-state index contributed by atoms with van der Waals surface area (Å²) in [5.74, 6) is 0.289. The van der Waals surface area contributed by atoms with Crippen molar-refractivity contribution in [2.75, 3.05) is 20.6 Å². The second kappa shape index (κ2) is 5.39. The van der Waals surface area contributed by atoms with Crippen LogP contribution < -0.4 is 0 Å². The van der Waals surface area contributed by atoms with Crippen LogP contribution in [-0.4, -0.2) is 41.7 Å². The Hall–Kier alpha value is -0.710. The molecule has 1 heterocycles. The van der Waals surface area contributed by atoms with Crippen molar-refractivity contribution in [2.24, 2.45) is 4.99 Å². The molecule has 0 aliphatic heterocycles. The summed E-state index contributed by atoms with van der Waals surface area (Å²) in [5.41, 5.74) is 0.671. The molecule has 15 heavy (non-hydrogen) atoms. The molecule has 0 aliphatic carbocycles. The Kier molecular flexibility index (Phi) is 4.45. The molecule has 0 amide bonds. The lowest BCUT2D eigenvalue weighted by Gasteiger charge is -2.03. The topological polar surface area (TPSA) is 41.4 Å². The molecule has 0 spiro atoms. The van der Waals surface area contributed by atoms with Gasteiger partial charge in [-0.3, -0.25) is 0 Å². The zero-order chi connectivity index (χ0) is 11.4. The summed E-state index contributed by atoms with van der Waals surface area (Å²) in [6, 6.07) is 0. The lowest BCUT2D eigenvalue weighted by Crippen LogP contribution is -2.13. The number of aromatic nitrogens is 2. The summed E-state index contributed by atoms with van der Waals surface area (Å²) < 4.78 is 0. The monoisotopic (exact) mass is 246 g/mol. The zero-order valence-corrected chi connectivity index (χ0v) is 10.3. The van der Waals surface area contributed by atoms with Gasteiger partial charge in [0.05, 0.1) is 0 Å². The number of nitrogens with zero attached hydrogens (tertiary/aromatic N) is 4. The molecule has 1 rings (SSSR count). The Balaban J connectivity index is 2.83. The molecule has 0 N–H and O–H groups in total. The number of halogens is 2. The van der Waals surface area contributed by atoms with E-state index in [9.17, 15) is 0 Å². The first-order valence-corrected chi connectivity index (χ1v) is 5.13. The van der Waals surface area contributed by atoms with E-state index in [-0.39, 0.29) is 5.95 Å². The quantitative estimate of drug-likeness (QED) is 0.608. The fraction of sp³-hybridized carbons (Fsp3) is 0.444. The van der Waals surface area contributed by atoms with E-state index in [0.717, 1.165) is 0 Å². The molecule has 0 aliphatic rings. The fourth-order valence-electron chi connectivity index (χ4n) is 0.797. The average molecular weight is 247 g/mol. The van der Waals surface area contributed by atoms with Crippen molar-refractivity contribution in [1.82, 2.24) is 14.9 Å². The summed E-state index contributed by atoms with van der Waals surface area (Å²) in [6.45, 7) is 2.48. The maximum absolute atomic E-state index is 5.84. The van der Waals surface area contributed by atoms with E-state index in [2.05, 4.69) is 15.0 Å². The van der Waals surface area contributed by atoms with Gasteiger partial charge in [0.2, 0.25) is 0 Å². The van der Waals surface area contributed by atoms with Crippen molar-refractivity contribution in [2.45, 2.75) is 6.92 Å². The first kappa shape index (κ1) is 12.4. The van der Waals surface area contributed by atoms with Crippen LogP contribution in [0.3, 0.4) is 0 Å². The van der Waals surface area contributed by atoms with Gasteiger partial charge in [0.25, 0.3) is 5.95 Å². The standard InChI is InChI=1S/C9H12Cl2N4/c1-6-7(10)13-9(14-8(6)11)12-4-5-15(2)3/h4H,5H2,1-3H3/b12-4+. The van der Waals surface area contributed by atoms with Crippen molar-refractivity contribution >= 4 is 35.4 Å². The maximum Gasteiger partial charge on any atom is 0.251 e. The maximum atomic E-state index is 5.84. The molecular weight excluding hydrogens is 235 g/mol. The fourth-order valence-corrected chi connectivity index (χ4v) is 1.18. The minimum Gasteiger partial charge on any atom is -0.304 e. The van der Waals surface area contributed by atoms with Crippen molar-refractivity contribution in [1.29, 1.82) is 0 Å². The number of rotatable bonds is 3. The Morgan fingerprint density at radius 2 is 1.80 bits per heavy atom. The molecule has 0 saturated carbocycles. The lowest BCUT2D eigenvalue weighted by molar-refractivity contribution is 0.473. The second-order valence-electron chi connectivity index (χ2n) is 3.30. The number of hydrogen-bond acceptors (Lipinski definition) is 4. The van der Waals surface area contributed by atoms with E-state index in [1.807, 2.05) is 19.0 Å². The van der Waals surface area contributed by atoms with Gasteiger partial charge < -0.3 is 4.90 Å². The third-order valence-corrected chi connectivity index (χ3v) is 2.40. The van der Waals surface area contributed by atoms with Crippen molar-refractivity contribution in [3.05, 3.63) is 15.9 Å². The van der Waals surface area contributed by atoms with Gasteiger partial charge in [0.15, 0.2) is 0 Å². The molecule has 0 fully saturated rings. The van der Waals surface area contributed by atoms with Gasteiger partial charge in [0.1, 0.15) is 10.3 Å². The third kappa shape index (κ3) is 3.74. The highest BCUT2D eigenvalue weighted by molar-refractivity contribution is 6.34. The average Bonchev–Trinajstić information content (AvgIpc) is 2.13. The van der Waals surface area contributed by atoms with E-state index in [0.29, 0.717) is 22.4 Å². The zero-order valence-electron chi connectivity index (χ0n) is 8.83. The lowest BCUT2D eigenvalue weighted by atomic mass is 10.4. The van der Waals surface area contributed by atoms with Crippen LogP contribution in [0, 0.1) is 6.92 Å². The van der Waals surface area contributed by atoms with Crippen LogP contribution in [0.4, 0.5) is 5.95 Å². The molecule has 0 radical (unpaired) electrons. The highest BCUT2D eigenvalue weighted by Crippen LogP contribution is 2.22. The van der Waals surface area contributed by atoms with Crippen LogP contribution in [-0.2, 0) is 0 Å². The third-order valence-electron chi connectivity index (χ3n) is 1.67. The van der Waals surface area contributed by atoms with Gasteiger partial charge in [-0.2, -0.15) is 9.97 Å². The van der Waals surface area contributed by atoms with Crippen LogP contribution in [0.25, 0.3) is 0 Å². The first-order chi connectivity index (χ1) is 7.00. The van der Waals surface area contributed by atoms with Gasteiger partial charge in [-0.1, -0.05) is 23.2 Å². The van der Waals surface area contributed by atoms with Crippen molar-refractivity contribution in [3.8, 4) is 0 Å². The van der Waals surface area contributed by atoms with Crippen molar-refractivity contribution in [3.63, 3.8) is 0 Å². The molecule has 82 valence electrons. The SMILES string of the molecule is Cc1c(Cl)nc(/N=C/CN(C)C)nc1Cl. The van der Waals surface area contributed by atoms with Gasteiger partial charge in [0, 0.05) is 18.3 Å². The predicted molar refractivity (Wildman–Crippen MR) is 63.5 cm³/mol. The predicted octanol–water partition coefficient (Wildman–Crippen LogP) is 2.36. The summed E-state index contributed by atoms with van der Waals surface area (Å²) in [4.78, 5) is 14.0. The minimum absolute atomic E-state index is 0.289. The van der Waals surface area contributed by atoms with Crippen LogP contribution in [0.15, 0.2) is 4.99 Å². The molecule has 0 aromatic carbocycles. The molecule has 6 heteroatoms. The largest absolute Gasteiger partial charge is 0.304 e. The highest BCUT2D eigenvalue weighted by atomic mass is 35.5. The van der Waals surface area contributed by atoms with E-state index >= 15 is 0 Å². The van der Waals surface area contributed by atoms with Gasteiger partial charge >= 0.3 is 0 Å². The molecule has 0 bridgehead atoms. The normalized spacial score (nSPS) is 11.6. The Morgan fingerprint density at radius 1 is 1.27 bits per heavy atom. The van der Waals surface area contributed by atoms with Crippen LogP contribution in [0.1, 0.15) is 5.56 Å². The van der Waals surface area contributed by atoms with Crippen molar-refractivity contribution < 1.29 is 0 Å². The smallest absolute Gasteiger partial charge is 0.251 e. The summed E-state index contributed by atoms with van der Waals surface area (Å²) in [5, 5.41) is 0.680. The molecule has 0 saturated heterocycles. The molecule has 0 atom stereocenters. The number of aliphatic imine (C=N–C) groups is 1. The van der Waals surface area contributed by atoms with Crippen LogP contribution in [0.2, 0.25) is 10.3 Å². The van der Waals surface area contributed by atoms with E-state index < -0.39 is 0 Å². The molecule has 4 nitrogen and oxygen atoms in total. The Labute approximate surface area is 99.0 Å². The molecule has 0 unspecified atom stereocenters. The van der Waals surface area contributed by atoms with E-state index in [1.165, 1.54) is 0 Å². The van der Waals surface area contributed by atoms with E-state index in [1.54, 1.807) is 13.1 Å². The van der Waals surface area contributed by atoms with Gasteiger partial charge in [-0.25, -0.2) is 4.99 Å². The Bertz CT molecular complexity index is 353. The summed E-state index contributed by atoms with van der Waals surface area (Å²) in [6.07, 6.45) is 1.71. The minimum atomic E-state index is 0.289. The van der Waals surface area contributed by atoms with E-state index in [4.69, 9.17) is 23.2 Å². The second-order valence-corrected chi connectivity index (χ2v) is 4.02. The molecule has 1 aromatic heterocycles. The molecule has 1 aromatic rings. The summed E-state index contributed by atoms with van der Waals surface area (Å²) >= 11 is 11.7. The molecular formula is C9H12Cl2N4. The Morgan fingerprint density at radius 3 is 2.27 bits per heavy atom. The van der Waals surface area contributed by atoms with Gasteiger partial charge in [-0.15, -0.1) is 0 Å². The van der Waals surface area contributed by atoms with Crippen LogP contribution >= 0.6 is 23.2 Å². The van der Waals surface area contributed by atoms with Gasteiger partial charge in [-0.05, 0) is 21.0 Å². The van der Waals surface area contributed by atoms with Crippen LogP contribution in [0.5, 0.6) is 0 Å². The summed E-state index contributed by atoms with van der Waals surface area (Å²) in [7, 11) is 3.89.